The van der Waals surface area contributed by atoms with Gasteiger partial charge in [0.2, 0.25) is 17.7 Å². The number of carbonyl (C=O) groups is 2. The Bertz CT molecular complexity index is 1170. The number of aryl methyl sites for hydroxylation is 1. The standard InChI is InChI=1S/C26H31N5O3/c1-20(32)29-26(16-8-2-3-9-17-26)25-28-24(34-30-25)15-14-23(33)27-22-13-7-10-18-31(22)19-21-11-5-4-6-12-21/h4-7,10-13,18H,2-3,8-9,14-17,19H2,1H3,(H,29,32). The van der Waals surface area contributed by atoms with Crippen molar-refractivity contribution in [2.45, 2.75) is 70.4 Å². The van der Waals surface area contributed by atoms with E-state index in [1.165, 1.54) is 6.92 Å². The van der Waals surface area contributed by atoms with Crippen LogP contribution in [0.15, 0.2) is 64.2 Å². The fourth-order valence-electron chi connectivity index (χ4n) is 4.50. The smallest absolute Gasteiger partial charge is 0.248 e. The number of nitrogens with one attached hydrogen (secondary N) is 1. The van der Waals surface area contributed by atoms with E-state index < -0.39 is 5.54 Å². The summed E-state index contributed by atoms with van der Waals surface area (Å²) in [6, 6.07) is 15.7. The number of benzene rings is 1. The van der Waals surface area contributed by atoms with Gasteiger partial charge in [0.1, 0.15) is 11.0 Å². The molecule has 1 aliphatic rings. The van der Waals surface area contributed by atoms with Gasteiger partial charge in [0.25, 0.3) is 0 Å². The second kappa shape index (κ2) is 11.0. The van der Waals surface area contributed by atoms with Crippen LogP contribution in [0.1, 0.15) is 69.1 Å². The summed E-state index contributed by atoms with van der Waals surface area (Å²) in [5.74, 6) is 0.540. The first kappa shape index (κ1) is 23.6. The highest BCUT2D eigenvalue weighted by Crippen LogP contribution is 2.34. The summed E-state index contributed by atoms with van der Waals surface area (Å²) in [4.78, 5) is 33.4. The molecule has 0 radical (unpaired) electrons. The van der Waals surface area contributed by atoms with Gasteiger partial charge in [0, 0.05) is 32.5 Å². The van der Waals surface area contributed by atoms with Gasteiger partial charge >= 0.3 is 0 Å². The molecule has 1 aliphatic carbocycles. The highest BCUT2D eigenvalue weighted by Gasteiger charge is 2.38. The second-order valence-corrected chi connectivity index (χ2v) is 8.87. The van der Waals surface area contributed by atoms with Gasteiger partial charge in [0.05, 0.1) is 0 Å². The average Bonchev–Trinajstić information content (AvgIpc) is 3.19. The van der Waals surface area contributed by atoms with Crippen LogP contribution in [0, 0.1) is 0 Å². The molecular weight excluding hydrogens is 430 g/mol. The molecule has 1 N–H and O–H groups in total. The topological polar surface area (TPSA) is 102 Å². The first-order valence-electron chi connectivity index (χ1n) is 11.9. The van der Waals surface area contributed by atoms with Gasteiger partial charge < -0.3 is 14.4 Å². The quantitative estimate of drug-likeness (QED) is 0.541. The van der Waals surface area contributed by atoms with Crippen molar-refractivity contribution < 1.29 is 14.1 Å². The molecule has 1 saturated carbocycles. The van der Waals surface area contributed by atoms with Crippen LogP contribution in [0.3, 0.4) is 0 Å². The molecule has 0 unspecified atom stereocenters. The molecule has 0 bridgehead atoms. The van der Waals surface area contributed by atoms with Gasteiger partial charge in [0.15, 0.2) is 5.82 Å². The summed E-state index contributed by atoms with van der Waals surface area (Å²) in [6.07, 6.45) is 8.22. The predicted octanol–water partition coefficient (Wildman–Crippen LogP) is 3.67. The summed E-state index contributed by atoms with van der Waals surface area (Å²) in [5.41, 5.74) is 1.14. The molecule has 2 aromatic heterocycles. The number of amides is 2. The number of nitrogens with zero attached hydrogens (tertiary/aromatic N) is 4. The lowest BCUT2D eigenvalue weighted by Gasteiger charge is -2.30. The second-order valence-electron chi connectivity index (χ2n) is 8.87. The van der Waals surface area contributed by atoms with Crippen LogP contribution in [-0.4, -0.2) is 26.5 Å². The highest BCUT2D eigenvalue weighted by molar-refractivity contribution is 5.77. The van der Waals surface area contributed by atoms with E-state index in [0.29, 0.717) is 30.2 Å². The summed E-state index contributed by atoms with van der Waals surface area (Å²) in [5, 5.41) is 7.26. The van der Waals surface area contributed by atoms with E-state index >= 15 is 0 Å². The molecule has 3 aromatic rings. The molecule has 8 nitrogen and oxygen atoms in total. The zero-order valence-electron chi connectivity index (χ0n) is 19.6. The van der Waals surface area contributed by atoms with Gasteiger partial charge in [-0.05, 0) is 30.5 Å². The van der Waals surface area contributed by atoms with Crippen molar-refractivity contribution in [2.24, 2.45) is 4.99 Å². The zero-order valence-corrected chi connectivity index (χ0v) is 19.6. The lowest BCUT2D eigenvalue weighted by Crippen LogP contribution is -2.45. The Hall–Kier alpha value is -3.55. The molecule has 1 fully saturated rings. The van der Waals surface area contributed by atoms with Crippen molar-refractivity contribution in [1.82, 2.24) is 20.0 Å². The fourth-order valence-corrected chi connectivity index (χ4v) is 4.50. The number of aromatic nitrogens is 3. The van der Waals surface area contributed by atoms with E-state index in [9.17, 15) is 9.59 Å². The molecule has 34 heavy (non-hydrogen) atoms. The van der Waals surface area contributed by atoms with Crippen LogP contribution in [-0.2, 0) is 28.1 Å². The van der Waals surface area contributed by atoms with Crippen molar-refractivity contribution in [3.8, 4) is 0 Å². The first-order chi connectivity index (χ1) is 16.5. The highest BCUT2D eigenvalue weighted by atomic mass is 16.5. The molecule has 4 rings (SSSR count). The van der Waals surface area contributed by atoms with E-state index in [1.54, 1.807) is 0 Å². The maximum atomic E-state index is 12.6. The maximum Gasteiger partial charge on any atom is 0.248 e. The Morgan fingerprint density at radius 3 is 2.53 bits per heavy atom. The van der Waals surface area contributed by atoms with Crippen LogP contribution in [0.25, 0.3) is 0 Å². The van der Waals surface area contributed by atoms with Gasteiger partial charge in [-0.15, -0.1) is 0 Å². The number of carbonyl (C=O) groups excluding carboxylic acids is 2. The largest absolute Gasteiger partial charge is 0.343 e. The van der Waals surface area contributed by atoms with Crippen molar-refractivity contribution in [3.05, 3.63) is 77.5 Å². The normalized spacial score (nSPS) is 16.1. The minimum atomic E-state index is -0.592. The molecular formula is C26H31N5O3. The lowest BCUT2D eigenvalue weighted by atomic mass is 9.89. The molecule has 1 aromatic carbocycles. The van der Waals surface area contributed by atoms with Gasteiger partial charge in [-0.1, -0.05) is 67.2 Å². The third kappa shape index (κ3) is 6.07. The maximum absolute atomic E-state index is 12.6. The van der Waals surface area contributed by atoms with Gasteiger partial charge in [-0.25, -0.2) is 0 Å². The molecule has 0 aliphatic heterocycles. The molecule has 0 saturated heterocycles. The van der Waals surface area contributed by atoms with E-state index in [4.69, 9.17) is 4.52 Å². The van der Waals surface area contributed by atoms with E-state index in [-0.39, 0.29) is 18.2 Å². The third-order valence-electron chi connectivity index (χ3n) is 6.17. The minimum absolute atomic E-state index is 0.103. The van der Waals surface area contributed by atoms with Gasteiger partial charge in [-0.3, -0.25) is 9.59 Å². The molecule has 0 atom stereocenters. The summed E-state index contributed by atoms with van der Waals surface area (Å²) >= 11 is 0. The Balaban J connectivity index is 1.44. The zero-order chi connectivity index (χ0) is 23.8. The van der Waals surface area contributed by atoms with Crippen LogP contribution < -0.4 is 10.8 Å². The Morgan fingerprint density at radius 1 is 1.06 bits per heavy atom. The fraction of sp³-hybridized carbons (Fsp3) is 0.423. The number of hydrogen-bond donors (Lipinski definition) is 1. The lowest BCUT2D eigenvalue weighted by molar-refractivity contribution is -0.121. The average molecular weight is 462 g/mol. The Kier molecular flexibility index (Phi) is 7.67. The number of rotatable bonds is 7. The predicted molar refractivity (Wildman–Crippen MR) is 126 cm³/mol. The van der Waals surface area contributed by atoms with Crippen LogP contribution in [0.5, 0.6) is 0 Å². The van der Waals surface area contributed by atoms with E-state index in [1.807, 2.05) is 59.3 Å². The Labute approximate surface area is 199 Å². The van der Waals surface area contributed by atoms with Crippen LogP contribution >= 0.6 is 0 Å². The van der Waals surface area contributed by atoms with Crippen molar-refractivity contribution in [2.75, 3.05) is 0 Å². The molecule has 2 amide bonds. The third-order valence-corrected chi connectivity index (χ3v) is 6.17. The molecule has 0 spiro atoms. The SMILES string of the molecule is CC(=O)NC1(c2noc(CCC(=O)N=c3ccccn3Cc3ccccc3)n2)CCCCCC1. The number of hydrogen-bond acceptors (Lipinski definition) is 5. The Morgan fingerprint density at radius 2 is 1.79 bits per heavy atom. The molecule has 178 valence electrons. The van der Waals surface area contributed by atoms with Crippen molar-refractivity contribution in [3.63, 3.8) is 0 Å². The summed E-state index contributed by atoms with van der Waals surface area (Å²) in [6.45, 7) is 2.15. The van der Waals surface area contributed by atoms with Crippen molar-refractivity contribution >= 4 is 11.8 Å². The number of pyridine rings is 1. The minimum Gasteiger partial charge on any atom is -0.343 e. The van der Waals surface area contributed by atoms with Gasteiger partial charge in [-0.2, -0.15) is 9.98 Å². The monoisotopic (exact) mass is 461 g/mol. The summed E-state index contributed by atoms with van der Waals surface area (Å²) < 4.78 is 7.40. The molecule has 8 heteroatoms. The van der Waals surface area contributed by atoms with Crippen LogP contribution in [0.2, 0.25) is 0 Å². The van der Waals surface area contributed by atoms with E-state index in [2.05, 4.69) is 20.4 Å². The molecule has 2 heterocycles. The van der Waals surface area contributed by atoms with Crippen LogP contribution in [0.4, 0.5) is 0 Å². The van der Waals surface area contributed by atoms with Crippen molar-refractivity contribution in [1.29, 1.82) is 0 Å². The first-order valence-corrected chi connectivity index (χ1v) is 11.9. The van der Waals surface area contributed by atoms with E-state index in [0.717, 1.165) is 44.1 Å². The summed E-state index contributed by atoms with van der Waals surface area (Å²) in [7, 11) is 0.